The number of likely N-dealkylation sites (tertiary alicyclic amines) is 1. The number of rotatable bonds is 7. The number of hydrogen-bond acceptors (Lipinski definition) is 6. The summed E-state index contributed by atoms with van der Waals surface area (Å²) in [6, 6.07) is 1.82. The monoisotopic (exact) mass is 406 g/mol. The number of carbonyl (C=O) groups excluding carboxylic acids is 1. The van der Waals surface area contributed by atoms with E-state index in [1.807, 2.05) is 5.38 Å². The van der Waals surface area contributed by atoms with Crippen molar-refractivity contribution < 1.29 is 4.79 Å². The van der Waals surface area contributed by atoms with Gasteiger partial charge < -0.3 is 5.32 Å². The van der Waals surface area contributed by atoms with E-state index in [1.54, 1.807) is 12.3 Å². The lowest BCUT2D eigenvalue weighted by Crippen LogP contribution is -2.45. The number of piperidine rings is 1. The first-order valence-corrected chi connectivity index (χ1v) is 11.2. The molecule has 1 fully saturated rings. The molecule has 1 aliphatic rings. The van der Waals surface area contributed by atoms with Crippen LogP contribution in [0, 0.1) is 0 Å². The van der Waals surface area contributed by atoms with Crippen LogP contribution in [-0.4, -0.2) is 51.6 Å². The third-order valence-electron chi connectivity index (χ3n) is 4.55. The topological polar surface area (TPSA) is 66.7 Å². The van der Waals surface area contributed by atoms with Crippen molar-refractivity contribution in [2.45, 2.75) is 38.5 Å². The predicted molar refractivity (Wildman–Crippen MR) is 113 cm³/mol. The maximum Gasteiger partial charge on any atom is 0.258 e. The van der Waals surface area contributed by atoms with E-state index in [4.69, 9.17) is 0 Å². The highest BCUT2D eigenvalue weighted by Crippen LogP contribution is 2.14. The molecule has 3 rings (SSSR count). The number of allylic oxidation sites excluding steroid dienone is 1. The van der Waals surface area contributed by atoms with Gasteiger partial charge in [-0.1, -0.05) is 11.6 Å². The lowest BCUT2D eigenvalue weighted by atomic mass is 10.0. The quantitative estimate of drug-likeness (QED) is 0.716. The molecule has 1 amide bonds. The summed E-state index contributed by atoms with van der Waals surface area (Å²) in [4.78, 5) is 31.7. The zero-order valence-corrected chi connectivity index (χ0v) is 17.4. The van der Waals surface area contributed by atoms with Crippen LogP contribution in [0.5, 0.6) is 0 Å². The molecule has 0 bridgehead atoms. The SMILES string of the molecule is CC(C)=CCN1CCC(NC(=O)CSCc2cc(=O)n3ccsc3n2)CC1. The van der Waals surface area contributed by atoms with E-state index in [-0.39, 0.29) is 17.5 Å². The molecule has 1 N–H and O–H groups in total. The van der Waals surface area contributed by atoms with Crippen molar-refractivity contribution in [2.75, 3.05) is 25.4 Å². The Morgan fingerprint density at radius 1 is 1.41 bits per heavy atom. The molecule has 0 aromatic carbocycles. The summed E-state index contributed by atoms with van der Waals surface area (Å²) in [6.45, 7) is 7.29. The van der Waals surface area contributed by atoms with Crippen molar-refractivity contribution in [3.8, 4) is 0 Å². The van der Waals surface area contributed by atoms with Gasteiger partial charge in [-0.25, -0.2) is 4.98 Å². The van der Waals surface area contributed by atoms with Gasteiger partial charge in [0.05, 0.1) is 11.4 Å². The van der Waals surface area contributed by atoms with Gasteiger partial charge >= 0.3 is 0 Å². The van der Waals surface area contributed by atoms with Gasteiger partial charge in [0.25, 0.3) is 5.56 Å². The number of thiazole rings is 1. The molecule has 2 aromatic rings. The van der Waals surface area contributed by atoms with Crippen LogP contribution in [-0.2, 0) is 10.5 Å². The van der Waals surface area contributed by atoms with Crippen LogP contribution >= 0.6 is 23.1 Å². The minimum atomic E-state index is -0.0684. The molecular formula is C19H26N4O2S2. The van der Waals surface area contributed by atoms with Gasteiger partial charge in [0.2, 0.25) is 5.91 Å². The average Bonchev–Trinajstić information content (AvgIpc) is 3.10. The van der Waals surface area contributed by atoms with E-state index in [0.717, 1.165) is 38.2 Å². The van der Waals surface area contributed by atoms with Crippen LogP contribution < -0.4 is 10.9 Å². The summed E-state index contributed by atoms with van der Waals surface area (Å²) >= 11 is 2.94. The molecule has 1 saturated heterocycles. The number of amides is 1. The van der Waals surface area contributed by atoms with Gasteiger partial charge in [0, 0.05) is 49.1 Å². The molecular weight excluding hydrogens is 380 g/mol. The predicted octanol–water partition coefficient (Wildman–Crippen LogP) is 2.54. The van der Waals surface area contributed by atoms with E-state index in [1.165, 1.54) is 33.1 Å². The van der Waals surface area contributed by atoms with Crippen LogP contribution in [0.1, 0.15) is 32.4 Å². The lowest BCUT2D eigenvalue weighted by Gasteiger charge is -2.31. The standard InChI is InChI=1S/C19H26N4O2S2/c1-14(2)3-6-22-7-4-15(5-8-22)20-17(24)13-26-12-16-11-18(25)23-9-10-27-19(23)21-16/h3,9-11,15H,4-8,12-13H2,1-2H3,(H,20,24). The smallest absolute Gasteiger partial charge is 0.258 e. The Hall–Kier alpha value is -1.64. The second-order valence-electron chi connectivity index (χ2n) is 7.06. The molecule has 146 valence electrons. The Bertz CT molecular complexity index is 862. The van der Waals surface area contributed by atoms with E-state index in [9.17, 15) is 9.59 Å². The lowest BCUT2D eigenvalue weighted by molar-refractivity contribution is -0.119. The highest BCUT2D eigenvalue weighted by atomic mass is 32.2. The maximum absolute atomic E-state index is 12.2. The first kappa shape index (κ1) is 20.1. The second-order valence-corrected chi connectivity index (χ2v) is 8.92. The van der Waals surface area contributed by atoms with Crippen LogP contribution in [0.3, 0.4) is 0 Å². The zero-order chi connectivity index (χ0) is 19.2. The molecule has 0 saturated carbocycles. The molecule has 6 nitrogen and oxygen atoms in total. The fourth-order valence-electron chi connectivity index (χ4n) is 3.05. The van der Waals surface area contributed by atoms with Crippen molar-refractivity contribution in [1.29, 1.82) is 0 Å². The number of thioether (sulfide) groups is 1. The number of fused-ring (bicyclic) bond motifs is 1. The summed E-state index contributed by atoms with van der Waals surface area (Å²) in [6.07, 6.45) is 5.98. The first-order chi connectivity index (χ1) is 13.0. The molecule has 3 heterocycles. The number of nitrogens with zero attached hydrogens (tertiary/aromatic N) is 3. The van der Waals surface area contributed by atoms with Gasteiger partial charge in [0.15, 0.2) is 4.96 Å². The number of hydrogen-bond donors (Lipinski definition) is 1. The van der Waals surface area contributed by atoms with E-state index < -0.39 is 0 Å². The summed E-state index contributed by atoms with van der Waals surface area (Å²) in [7, 11) is 0. The van der Waals surface area contributed by atoms with Crippen molar-refractivity contribution in [3.63, 3.8) is 0 Å². The molecule has 0 unspecified atom stereocenters. The van der Waals surface area contributed by atoms with E-state index in [0.29, 0.717) is 16.5 Å². The first-order valence-electron chi connectivity index (χ1n) is 9.20. The van der Waals surface area contributed by atoms with Gasteiger partial charge in [-0.2, -0.15) is 0 Å². The number of carbonyl (C=O) groups is 1. The summed E-state index contributed by atoms with van der Waals surface area (Å²) in [5.74, 6) is 1.03. The zero-order valence-electron chi connectivity index (χ0n) is 15.8. The average molecular weight is 407 g/mol. The van der Waals surface area contributed by atoms with Crippen LogP contribution in [0.25, 0.3) is 4.96 Å². The van der Waals surface area contributed by atoms with Crippen LogP contribution in [0.15, 0.2) is 34.1 Å². The number of aromatic nitrogens is 2. The van der Waals surface area contributed by atoms with E-state index >= 15 is 0 Å². The van der Waals surface area contributed by atoms with E-state index in [2.05, 4.69) is 35.1 Å². The van der Waals surface area contributed by atoms with Crippen molar-refractivity contribution in [2.24, 2.45) is 0 Å². The largest absolute Gasteiger partial charge is 0.353 e. The van der Waals surface area contributed by atoms with Gasteiger partial charge in [0.1, 0.15) is 0 Å². The fourth-order valence-corrected chi connectivity index (χ4v) is 4.52. The normalized spacial score (nSPS) is 15.8. The van der Waals surface area contributed by atoms with Crippen molar-refractivity contribution >= 4 is 34.0 Å². The number of nitrogens with one attached hydrogen (secondary N) is 1. The molecule has 0 spiro atoms. The highest BCUT2D eigenvalue weighted by molar-refractivity contribution is 7.99. The Labute approximate surface area is 167 Å². The third kappa shape index (κ3) is 5.92. The highest BCUT2D eigenvalue weighted by Gasteiger charge is 2.19. The minimum Gasteiger partial charge on any atom is -0.353 e. The second kappa shape index (κ2) is 9.52. The van der Waals surface area contributed by atoms with Crippen molar-refractivity contribution in [1.82, 2.24) is 19.6 Å². The molecule has 8 heteroatoms. The summed E-state index contributed by atoms with van der Waals surface area (Å²) in [5, 5.41) is 4.99. The van der Waals surface area contributed by atoms with Crippen molar-refractivity contribution in [3.05, 3.63) is 45.3 Å². The van der Waals surface area contributed by atoms with Crippen LogP contribution in [0.2, 0.25) is 0 Å². The molecule has 2 aromatic heterocycles. The Morgan fingerprint density at radius 2 is 2.19 bits per heavy atom. The minimum absolute atomic E-state index is 0.0664. The molecule has 27 heavy (non-hydrogen) atoms. The summed E-state index contributed by atoms with van der Waals surface area (Å²) in [5.41, 5.74) is 2.01. The molecule has 0 atom stereocenters. The van der Waals surface area contributed by atoms with Gasteiger partial charge in [-0.15, -0.1) is 23.1 Å². The molecule has 0 aliphatic carbocycles. The third-order valence-corrected chi connectivity index (χ3v) is 6.27. The molecule has 0 radical (unpaired) electrons. The Kier molecular flexibility index (Phi) is 7.09. The maximum atomic E-state index is 12.2. The summed E-state index contributed by atoms with van der Waals surface area (Å²) < 4.78 is 1.54. The van der Waals surface area contributed by atoms with Gasteiger partial charge in [-0.3, -0.25) is 18.9 Å². The van der Waals surface area contributed by atoms with Gasteiger partial charge in [-0.05, 0) is 26.7 Å². The Balaban J connectivity index is 1.38. The Morgan fingerprint density at radius 3 is 2.93 bits per heavy atom. The molecule has 1 aliphatic heterocycles. The fraction of sp³-hybridized carbons (Fsp3) is 0.526. The van der Waals surface area contributed by atoms with Crippen LogP contribution in [0.4, 0.5) is 0 Å².